The van der Waals surface area contributed by atoms with Gasteiger partial charge in [0.15, 0.2) is 5.69 Å². The standard InChI is InChI=1S/C30H39N5O4/c1-16(2)10-25(33-26(36)14-20-12-18-8-9-19(20)11-18)29(37)34-24(28-32-17(3)27(35-28)30(38)39)13-21-15-31-23-7-5-4-6-22(21)23/h4-7,15-16,18-20,24-25,31H,8-14H2,1-3H3,(H,32,35)(H,33,36)(H,34,37)(H,38,39)/t18?,19?,20?,24-,25+/m1/s1. The first kappa shape index (κ1) is 27.0. The Kier molecular flexibility index (Phi) is 7.77. The number of carbonyl (C=O) groups excluding carboxylic acids is 2. The molecule has 0 aliphatic heterocycles. The lowest BCUT2D eigenvalue weighted by Crippen LogP contribution is -2.49. The molecule has 3 aromatic rings. The minimum absolute atomic E-state index is 0.0662. The fourth-order valence-corrected chi connectivity index (χ4v) is 6.69. The highest BCUT2D eigenvalue weighted by Crippen LogP contribution is 2.49. The lowest BCUT2D eigenvalue weighted by atomic mass is 9.86. The second-order valence-corrected chi connectivity index (χ2v) is 11.9. The molecule has 208 valence electrons. The largest absolute Gasteiger partial charge is 0.476 e. The second kappa shape index (κ2) is 11.2. The van der Waals surface area contributed by atoms with E-state index in [9.17, 15) is 19.5 Å². The normalized spacial score (nSPS) is 21.8. The number of carboxylic acids is 1. The van der Waals surface area contributed by atoms with Gasteiger partial charge in [0.25, 0.3) is 0 Å². The summed E-state index contributed by atoms with van der Waals surface area (Å²) in [4.78, 5) is 49.1. The Bertz CT molecular complexity index is 1360. The van der Waals surface area contributed by atoms with Crippen molar-refractivity contribution in [2.75, 3.05) is 0 Å². The van der Waals surface area contributed by atoms with Gasteiger partial charge in [-0.2, -0.15) is 0 Å². The first-order chi connectivity index (χ1) is 18.7. The van der Waals surface area contributed by atoms with E-state index in [1.54, 1.807) is 6.92 Å². The molecular weight excluding hydrogens is 494 g/mol. The molecule has 2 heterocycles. The molecule has 2 bridgehead atoms. The van der Waals surface area contributed by atoms with E-state index >= 15 is 0 Å². The average Bonchev–Trinajstić information content (AvgIpc) is 3.67. The molecule has 3 unspecified atom stereocenters. The van der Waals surface area contributed by atoms with Gasteiger partial charge in [0, 0.05) is 35.6 Å². The first-order valence-corrected chi connectivity index (χ1v) is 14.1. The number of aromatic carboxylic acids is 1. The Hall–Kier alpha value is -3.62. The molecule has 1 aromatic carbocycles. The molecule has 39 heavy (non-hydrogen) atoms. The average molecular weight is 534 g/mol. The summed E-state index contributed by atoms with van der Waals surface area (Å²) in [6, 6.07) is 6.60. The van der Waals surface area contributed by atoms with Crippen molar-refractivity contribution < 1.29 is 19.5 Å². The van der Waals surface area contributed by atoms with Gasteiger partial charge in [-0.25, -0.2) is 9.78 Å². The summed E-state index contributed by atoms with van der Waals surface area (Å²) in [5.41, 5.74) is 2.31. The van der Waals surface area contributed by atoms with E-state index in [1.807, 2.05) is 44.3 Å². The monoisotopic (exact) mass is 533 g/mol. The van der Waals surface area contributed by atoms with Gasteiger partial charge in [-0.15, -0.1) is 0 Å². The number of carboxylic acid groups (broad SMARTS) is 1. The van der Waals surface area contributed by atoms with E-state index in [-0.39, 0.29) is 23.4 Å². The van der Waals surface area contributed by atoms with Gasteiger partial charge in [0.2, 0.25) is 11.8 Å². The maximum atomic E-state index is 13.7. The molecule has 9 heteroatoms. The highest BCUT2D eigenvalue weighted by atomic mass is 16.4. The van der Waals surface area contributed by atoms with Crippen molar-refractivity contribution in [2.45, 2.75) is 77.8 Å². The van der Waals surface area contributed by atoms with Crippen LogP contribution in [0.4, 0.5) is 0 Å². The summed E-state index contributed by atoms with van der Waals surface area (Å²) in [6.45, 7) is 5.71. The molecule has 2 amide bonds. The van der Waals surface area contributed by atoms with Crippen LogP contribution in [0.1, 0.15) is 86.0 Å². The number of carbonyl (C=O) groups is 3. The summed E-state index contributed by atoms with van der Waals surface area (Å²) in [5, 5.41) is 16.7. The lowest BCUT2D eigenvalue weighted by molar-refractivity contribution is -0.130. The smallest absolute Gasteiger partial charge is 0.356 e. The summed E-state index contributed by atoms with van der Waals surface area (Å²) in [6.07, 6.45) is 8.14. The molecule has 0 saturated heterocycles. The Morgan fingerprint density at radius 1 is 1.13 bits per heavy atom. The van der Waals surface area contributed by atoms with Crippen LogP contribution in [0.2, 0.25) is 0 Å². The maximum Gasteiger partial charge on any atom is 0.356 e. The molecule has 0 spiro atoms. The highest BCUT2D eigenvalue weighted by Gasteiger charge is 2.40. The van der Waals surface area contributed by atoms with Gasteiger partial charge < -0.3 is 25.7 Å². The summed E-state index contributed by atoms with van der Waals surface area (Å²) in [7, 11) is 0. The number of aromatic amines is 2. The molecule has 5 N–H and O–H groups in total. The van der Waals surface area contributed by atoms with Crippen LogP contribution < -0.4 is 10.6 Å². The number of fused-ring (bicyclic) bond motifs is 3. The number of hydrogen-bond acceptors (Lipinski definition) is 4. The molecular formula is C30H39N5O4. The van der Waals surface area contributed by atoms with Crippen LogP contribution in [0.15, 0.2) is 30.5 Å². The Morgan fingerprint density at radius 3 is 2.59 bits per heavy atom. The number of amides is 2. The van der Waals surface area contributed by atoms with E-state index < -0.39 is 18.1 Å². The number of nitrogens with zero attached hydrogens (tertiary/aromatic N) is 1. The Balaban J connectivity index is 1.35. The number of aromatic nitrogens is 3. The van der Waals surface area contributed by atoms with Crippen molar-refractivity contribution in [3.8, 4) is 0 Å². The summed E-state index contributed by atoms with van der Waals surface area (Å²) in [5.74, 6) is 0.911. The quantitative estimate of drug-likeness (QED) is 0.244. The number of para-hydroxylation sites is 1. The summed E-state index contributed by atoms with van der Waals surface area (Å²) < 4.78 is 0. The lowest BCUT2D eigenvalue weighted by Gasteiger charge is -2.26. The molecule has 2 aromatic heterocycles. The number of rotatable bonds is 11. The molecule has 2 fully saturated rings. The van der Waals surface area contributed by atoms with Crippen LogP contribution in [-0.2, 0) is 16.0 Å². The van der Waals surface area contributed by atoms with Gasteiger partial charge in [0.05, 0.1) is 6.04 Å². The molecule has 0 radical (unpaired) electrons. The number of imidazole rings is 1. The Morgan fingerprint density at radius 2 is 1.92 bits per heavy atom. The van der Waals surface area contributed by atoms with Gasteiger partial charge in [-0.3, -0.25) is 9.59 Å². The zero-order valence-electron chi connectivity index (χ0n) is 22.9. The van der Waals surface area contributed by atoms with E-state index in [2.05, 4.69) is 25.6 Å². The van der Waals surface area contributed by atoms with E-state index in [4.69, 9.17) is 0 Å². The van der Waals surface area contributed by atoms with Crippen molar-refractivity contribution in [3.63, 3.8) is 0 Å². The van der Waals surface area contributed by atoms with Crippen LogP contribution in [0.3, 0.4) is 0 Å². The summed E-state index contributed by atoms with van der Waals surface area (Å²) >= 11 is 0. The van der Waals surface area contributed by atoms with Crippen molar-refractivity contribution in [1.29, 1.82) is 0 Å². The maximum absolute atomic E-state index is 13.7. The Labute approximate surface area is 228 Å². The van der Waals surface area contributed by atoms with Gasteiger partial charge in [-0.1, -0.05) is 38.5 Å². The molecule has 5 atom stereocenters. The second-order valence-electron chi connectivity index (χ2n) is 11.9. The predicted octanol–water partition coefficient (Wildman–Crippen LogP) is 4.65. The third kappa shape index (κ3) is 6.02. The molecule has 2 saturated carbocycles. The van der Waals surface area contributed by atoms with Gasteiger partial charge >= 0.3 is 5.97 Å². The third-order valence-electron chi connectivity index (χ3n) is 8.54. The van der Waals surface area contributed by atoms with Gasteiger partial charge in [0.1, 0.15) is 11.9 Å². The fourth-order valence-electron chi connectivity index (χ4n) is 6.69. The van der Waals surface area contributed by atoms with Crippen molar-refractivity contribution in [2.24, 2.45) is 23.7 Å². The van der Waals surface area contributed by atoms with E-state index in [1.165, 1.54) is 19.3 Å². The number of benzene rings is 1. The zero-order valence-corrected chi connectivity index (χ0v) is 22.9. The van der Waals surface area contributed by atoms with Gasteiger partial charge in [-0.05, 0) is 67.9 Å². The molecule has 2 aliphatic carbocycles. The number of H-pyrrole nitrogens is 2. The van der Waals surface area contributed by atoms with Crippen molar-refractivity contribution in [1.82, 2.24) is 25.6 Å². The van der Waals surface area contributed by atoms with Crippen molar-refractivity contribution >= 4 is 28.7 Å². The SMILES string of the molecule is Cc1[nH]c([C@@H](Cc2c[nH]c3ccccc23)NC(=O)[C@H](CC(C)C)NC(=O)CC2CC3CCC2C3)nc1C(=O)O. The molecule has 2 aliphatic rings. The van der Waals surface area contributed by atoms with Crippen LogP contribution in [-0.4, -0.2) is 43.9 Å². The van der Waals surface area contributed by atoms with E-state index in [0.29, 0.717) is 42.6 Å². The number of aryl methyl sites for hydroxylation is 1. The topological polar surface area (TPSA) is 140 Å². The van der Waals surface area contributed by atoms with Crippen LogP contribution in [0.5, 0.6) is 0 Å². The molecule has 9 nitrogen and oxygen atoms in total. The number of hydrogen-bond donors (Lipinski definition) is 5. The third-order valence-corrected chi connectivity index (χ3v) is 8.54. The predicted molar refractivity (Wildman–Crippen MR) is 148 cm³/mol. The minimum atomic E-state index is -1.13. The van der Waals surface area contributed by atoms with Crippen LogP contribution in [0, 0.1) is 30.6 Å². The first-order valence-electron chi connectivity index (χ1n) is 14.1. The zero-order chi connectivity index (χ0) is 27.7. The number of nitrogens with one attached hydrogen (secondary N) is 4. The molecule has 5 rings (SSSR count). The van der Waals surface area contributed by atoms with E-state index in [0.717, 1.165) is 28.8 Å². The van der Waals surface area contributed by atoms with Crippen LogP contribution >= 0.6 is 0 Å². The van der Waals surface area contributed by atoms with Crippen LogP contribution in [0.25, 0.3) is 10.9 Å². The highest BCUT2D eigenvalue weighted by molar-refractivity contribution is 5.89. The minimum Gasteiger partial charge on any atom is -0.476 e. The fraction of sp³-hybridized carbons (Fsp3) is 0.533. The van der Waals surface area contributed by atoms with Crippen molar-refractivity contribution in [3.05, 3.63) is 53.2 Å².